The van der Waals surface area contributed by atoms with Gasteiger partial charge in [-0.2, -0.15) is 0 Å². The third-order valence-electron chi connectivity index (χ3n) is 6.61. The van der Waals surface area contributed by atoms with Gasteiger partial charge in [-0.1, -0.05) is 70.9 Å². The molecule has 1 aromatic carbocycles. The van der Waals surface area contributed by atoms with Crippen LogP contribution in [0, 0.1) is 11.8 Å². The monoisotopic (exact) mass is 506 g/mol. The summed E-state index contributed by atoms with van der Waals surface area (Å²) in [6.45, 7) is 9.10. The molecule has 0 amide bonds. The maximum absolute atomic E-state index is 12.8. The quantitative estimate of drug-likeness (QED) is 0.122. The van der Waals surface area contributed by atoms with Crippen LogP contribution < -0.4 is 0 Å². The van der Waals surface area contributed by atoms with Crippen molar-refractivity contribution in [3.05, 3.63) is 35.4 Å². The zero-order valence-corrected chi connectivity index (χ0v) is 23.2. The molecule has 0 spiro atoms. The molecule has 0 bridgehead atoms. The van der Waals surface area contributed by atoms with Crippen molar-refractivity contribution < 1.29 is 28.5 Å². The van der Waals surface area contributed by atoms with Crippen molar-refractivity contribution in [2.24, 2.45) is 11.8 Å². The number of ether oxygens (including phenoxy) is 4. The molecule has 0 N–H and O–H groups in total. The summed E-state index contributed by atoms with van der Waals surface area (Å²) in [6.07, 6.45) is 11.8. The Morgan fingerprint density at radius 3 is 1.69 bits per heavy atom. The lowest BCUT2D eigenvalue weighted by Gasteiger charge is -2.17. The van der Waals surface area contributed by atoms with Gasteiger partial charge >= 0.3 is 11.9 Å². The molecule has 1 rings (SSSR count). The Bertz CT molecular complexity index is 645. The Morgan fingerprint density at radius 2 is 1.19 bits per heavy atom. The molecule has 0 heterocycles. The van der Waals surface area contributed by atoms with E-state index in [1.807, 2.05) is 6.92 Å². The van der Waals surface area contributed by atoms with Crippen molar-refractivity contribution in [3.8, 4) is 0 Å². The molecule has 206 valence electrons. The van der Waals surface area contributed by atoms with E-state index < -0.39 is 11.9 Å². The maximum atomic E-state index is 12.8. The predicted octanol–water partition coefficient (Wildman–Crippen LogP) is 7.25. The van der Waals surface area contributed by atoms with Gasteiger partial charge in [0.25, 0.3) is 0 Å². The maximum Gasteiger partial charge on any atom is 0.339 e. The lowest BCUT2D eigenvalue weighted by molar-refractivity contribution is 0.0401. The Morgan fingerprint density at radius 1 is 0.694 bits per heavy atom. The number of carbonyl (C=O) groups excluding carboxylic acids is 2. The highest BCUT2D eigenvalue weighted by molar-refractivity contribution is 6.03. The highest BCUT2D eigenvalue weighted by atomic mass is 16.5. The van der Waals surface area contributed by atoms with Crippen molar-refractivity contribution in [2.75, 3.05) is 40.1 Å². The van der Waals surface area contributed by atoms with Crippen LogP contribution in [0.15, 0.2) is 24.3 Å². The number of unbranched alkanes of at least 4 members (excludes halogenated alkanes) is 4. The minimum absolute atomic E-state index is 0.258. The Hall–Kier alpha value is -1.92. The summed E-state index contributed by atoms with van der Waals surface area (Å²) in [4.78, 5) is 25.6. The van der Waals surface area contributed by atoms with Gasteiger partial charge < -0.3 is 18.9 Å². The fourth-order valence-electron chi connectivity index (χ4n) is 4.31. The van der Waals surface area contributed by atoms with Crippen molar-refractivity contribution in [1.82, 2.24) is 0 Å². The van der Waals surface area contributed by atoms with E-state index in [0.29, 0.717) is 44.9 Å². The first-order valence-electron chi connectivity index (χ1n) is 14.1. The Kier molecular flexibility index (Phi) is 18.9. The molecule has 36 heavy (non-hydrogen) atoms. The highest BCUT2D eigenvalue weighted by Crippen LogP contribution is 2.20. The predicted molar refractivity (Wildman–Crippen MR) is 144 cm³/mol. The van der Waals surface area contributed by atoms with Crippen molar-refractivity contribution in [1.29, 1.82) is 0 Å². The molecule has 6 heteroatoms. The lowest BCUT2D eigenvalue weighted by atomic mass is 9.95. The molecule has 0 radical (unpaired) electrons. The van der Waals surface area contributed by atoms with Crippen LogP contribution >= 0.6 is 0 Å². The molecular formula is C30H50O6. The minimum atomic E-state index is -0.483. The van der Waals surface area contributed by atoms with Gasteiger partial charge in [-0.15, -0.1) is 0 Å². The topological polar surface area (TPSA) is 71.1 Å². The molecule has 0 saturated heterocycles. The highest BCUT2D eigenvalue weighted by Gasteiger charge is 2.20. The molecule has 0 aliphatic carbocycles. The fourth-order valence-corrected chi connectivity index (χ4v) is 4.31. The van der Waals surface area contributed by atoms with Gasteiger partial charge in [0.1, 0.15) is 0 Å². The smallest absolute Gasteiger partial charge is 0.339 e. The van der Waals surface area contributed by atoms with Crippen molar-refractivity contribution in [2.45, 2.75) is 91.4 Å². The third-order valence-corrected chi connectivity index (χ3v) is 6.61. The third kappa shape index (κ3) is 14.0. The normalized spacial score (nSPS) is 12.8. The summed E-state index contributed by atoms with van der Waals surface area (Å²) < 4.78 is 22.0. The SMILES string of the molecule is CCCCCC(CCOC)CCOC(=O)c1ccccc1C(=O)OCCC(CCCCC)COCC. The van der Waals surface area contributed by atoms with E-state index in [4.69, 9.17) is 18.9 Å². The van der Waals surface area contributed by atoms with Gasteiger partial charge in [0.15, 0.2) is 0 Å². The van der Waals surface area contributed by atoms with Gasteiger partial charge in [0.2, 0.25) is 0 Å². The molecule has 0 aliphatic rings. The number of benzene rings is 1. The van der Waals surface area contributed by atoms with Gasteiger partial charge in [-0.25, -0.2) is 9.59 Å². The molecule has 0 saturated carbocycles. The Balaban J connectivity index is 2.60. The second-order valence-electron chi connectivity index (χ2n) is 9.56. The van der Waals surface area contributed by atoms with E-state index in [2.05, 4.69) is 13.8 Å². The van der Waals surface area contributed by atoms with Crippen LogP contribution in [-0.4, -0.2) is 52.1 Å². The fraction of sp³-hybridized carbons (Fsp3) is 0.733. The first-order chi connectivity index (χ1) is 17.6. The Labute approximate surface area is 219 Å². The first-order valence-corrected chi connectivity index (χ1v) is 14.1. The number of carbonyl (C=O) groups is 2. The first kappa shape index (κ1) is 32.1. The van der Waals surface area contributed by atoms with E-state index in [9.17, 15) is 9.59 Å². The van der Waals surface area contributed by atoms with Crippen molar-refractivity contribution in [3.63, 3.8) is 0 Å². The molecule has 2 unspecified atom stereocenters. The summed E-state index contributed by atoms with van der Waals surface area (Å²) in [5.74, 6) is -0.126. The van der Waals surface area contributed by atoms with Crippen LogP contribution in [0.5, 0.6) is 0 Å². The molecule has 1 aromatic rings. The number of methoxy groups -OCH3 is 1. The van der Waals surface area contributed by atoms with Crippen LogP contribution in [0.4, 0.5) is 0 Å². The van der Waals surface area contributed by atoms with Crippen LogP contribution in [-0.2, 0) is 18.9 Å². The van der Waals surface area contributed by atoms with Crippen LogP contribution in [0.25, 0.3) is 0 Å². The van der Waals surface area contributed by atoms with Gasteiger partial charge in [0, 0.05) is 26.9 Å². The number of rotatable bonds is 22. The van der Waals surface area contributed by atoms with Gasteiger partial charge in [-0.05, 0) is 56.6 Å². The summed E-state index contributed by atoms with van der Waals surface area (Å²) in [7, 11) is 1.71. The minimum Gasteiger partial charge on any atom is -0.462 e. The van der Waals surface area contributed by atoms with Crippen LogP contribution in [0.1, 0.15) is 112 Å². The second-order valence-corrected chi connectivity index (χ2v) is 9.56. The second kappa shape index (κ2) is 21.2. The van der Waals surface area contributed by atoms with E-state index >= 15 is 0 Å². The van der Waals surface area contributed by atoms with Crippen LogP contribution in [0.3, 0.4) is 0 Å². The molecule has 0 aromatic heterocycles. The summed E-state index contributed by atoms with van der Waals surface area (Å²) in [5.41, 5.74) is 0.518. The zero-order chi connectivity index (χ0) is 26.4. The molecule has 6 nitrogen and oxygen atoms in total. The van der Waals surface area contributed by atoms with Crippen LogP contribution in [0.2, 0.25) is 0 Å². The van der Waals surface area contributed by atoms with Gasteiger partial charge in [0.05, 0.1) is 24.3 Å². The summed E-state index contributed by atoms with van der Waals surface area (Å²) >= 11 is 0. The summed E-state index contributed by atoms with van der Waals surface area (Å²) in [6, 6.07) is 6.74. The van der Waals surface area contributed by atoms with E-state index in [0.717, 1.165) is 38.5 Å². The number of hydrogen-bond acceptors (Lipinski definition) is 6. The van der Waals surface area contributed by atoms with Crippen molar-refractivity contribution >= 4 is 11.9 Å². The molecule has 0 fully saturated rings. The average Bonchev–Trinajstić information content (AvgIpc) is 2.89. The molecular weight excluding hydrogens is 456 g/mol. The van der Waals surface area contributed by atoms with E-state index in [1.54, 1.807) is 31.4 Å². The zero-order valence-electron chi connectivity index (χ0n) is 23.2. The molecule has 2 atom stereocenters. The largest absolute Gasteiger partial charge is 0.462 e. The summed E-state index contributed by atoms with van der Waals surface area (Å²) in [5, 5.41) is 0. The number of esters is 2. The standard InChI is InChI=1S/C30H50O6/c1-5-8-10-14-25(18-21-33-4)19-22-35-29(31)27-16-12-13-17-28(27)30(32)36-23-20-26(24-34-7-3)15-11-9-6-2/h12-13,16-17,25-26H,5-11,14-15,18-24H2,1-4H3. The molecule has 0 aliphatic heterocycles. The average molecular weight is 507 g/mol. The van der Waals surface area contributed by atoms with E-state index in [-0.39, 0.29) is 11.1 Å². The lowest BCUT2D eigenvalue weighted by Crippen LogP contribution is -2.18. The number of hydrogen-bond donors (Lipinski definition) is 0. The van der Waals surface area contributed by atoms with Gasteiger partial charge in [-0.3, -0.25) is 0 Å². The van der Waals surface area contributed by atoms with E-state index in [1.165, 1.54) is 32.1 Å².